The quantitative estimate of drug-likeness (QED) is 0.348. The molecule has 0 aromatic carbocycles. The molecule has 0 nitrogen and oxygen atoms in total. The Kier molecular flexibility index (Phi) is 347. The Morgan fingerprint density at radius 1 is 0.750 bits per heavy atom. The molecule has 0 aliphatic heterocycles. The Morgan fingerprint density at radius 3 is 0.750 bits per heavy atom. The fourth-order valence-electron chi connectivity index (χ4n) is 0. The summed E-state index contributed by atoms with van der Waals surface area (Å²) in [5, 5.41) is 0. The van der Waals surface area contributed by atoms with Crippen LogP contribution >= 0.6 is 0 Å². The first-order chi connectivity index (χ1) is 0. The summed E-state index contributed by atoms with van der Waals surface area (Å²) in [5.41, 5.74) is 0. The van der Waals surface area contributed by atoms with Gasteiger partial charge in [0.15, 0.2) is 0 Å². The first kappa shape index (κ1) is 53.4. The minimum absolute atomic E-state index is 0. The van der Waals surface area contributed by atoms with E-state index in [0.717, 1.165) is 0 Å². The number of halogens is 2. The molecule has 0 aromatic rings. The number of hydrogen-bond donors (Lipinski definition) is 0. The normalized spacial score (nSPS) is 0. The minimum atomic E-state index is 0. The van der Waals surface area contributed by atoms with Crippen LogP contribution in [0.3, 0.4) is 0 Å². The molecule has 0 heterocycles. The third kappa shape index (κ3) is 10.00. The van der Waals surface area contributed by atoms with Crippen molar-refractivity contribution in [3.05, 3.63) is 0 Å². The molecule has 0 unspecified atom stereocenters. The van der Waals surface area contributed by atoms with Crippen LogP contribution in [0.1, 0.15) is 7.43 Å². The topological polar surface area (TPSA) is 0 Å². The van der Waals surface area contributed by atoms with Crippen LogP contribution in [0.15, 0.2) is 0 Å². The molecule has 0 saturated heterocycles. The molecular formula is CH4Cl2Sb-2. The van der Waals surface area contributed by atoms with E-state index in [9.17, 15) is 0 Å². The molecule has 0 N–H and O–H groups in total. The van der Waals surface area contributed by atoms with Crippen LogP contribution in [0.5, 0.6) is 0 Å². The van der Waals surface area contributed by atoms with Crippen molar-refractivity contribution in [1.82, 2.24) is 0 Å². The van der Waals surface area contributed by atoms with Crippen molar-refractivity contribution < 1.29 is 24.8 Å². The van der Waals surface area contributed by atoms with Gasteiger partial charge in [0, 0.05) is 24.4 Å². The summed E-state index contributed by atoms with van der Waals surface area (Å²) in [4.78, 5) is 0. The van der Waals surface area contributed by atoms with E-state index in [2.05, 4.69) is 0 Å². The Hall–Kier alpha value is 1.40. The summed E-state index contributed by atoms with van der Waals surface area (Å²) in [6.07, 6.45) is 0. The van der Waals surface area contributed by atoms with Crippen LogP contribution < -0.4 is 24.8 Å². The Bertz CT molecular complexity index is 6.00. The standard InChI is InChI=1S/CH4.2ClH.Sb/h1H4;2*1H;/p-2. The minimum Gasteiger partial charge on any atom is -1.00 e. The molecule has 29 valence electrons. The molecule has 4 heavy (non-hydrogen) atoms. The second-order valence-corrected chi connectivity index (χ2v) is 0. The van der Waals surface area contributed by atoms with Crippen LogP contribution in [0.25, 0.3) is 0 Å². The molecule has 0 aliphatic rings. The zero-order valence-corrected chi connectivity index (χ0v) is 5.27. The Labute approximate surface area is 56.6 Å². The van der Waals surface area contributed by atoms with Gasteiger partial charge in [0.2, 0.25) is 0 Å². The third-order valence-corrected chi connectivity index (χ3v) is 0. The zero-order valence-electron chi connectivity index (χ0n) is 1.20. The summed E-state index contributed by atoms with van der Waals surface area (Å²) >= 11 is 0. The van der Waals surface area contributed by atoms with Gasteiger partial charge in [-0.3, -0.25) is 0 Å². The smallest absolute Gasteiger partial charge is 0 e. The van der Waals surface area contributed by atoms with Gasteiger partial charge in [-0.25, -0.2) is 0 Å². The maximum atomic E-state index is 0. The average Bonchev–Trinajstić information content (AvgIpc) is 0. The monoisotopic (exact) mass is 207 g/mol. The summed E-state index contributed by atoms with van der Waals surface area (Å²) in [7, 11) is 0. The van der Waals surface area contributed by atoms with Crippen molar-refractivity contribution >= 4 is 24.4 Å². The zero-order chi connectivity index (χ0) is 0. The fraction of sp³-hybridized carbons (Fsp3) is 1.00. The second-order valence-electron chi connectivity index (χ2n) is 0. The molecule has 3 radical (unpaired) electrons. The molecule has 0 amide bonds. The van der Waals surface area contributed by atoms with E-state index in [0.29, 0.717) is 0 Å². The summed E-state index contributed by atoms with van der Waals surface area (Å²) in [6.45, 7) is 0. The van der Waals surface area contributed by atoms with Crippen LogP contribution in [0.2, 0.25) is 0 Å². The summed E-state index contributed by atoms with van der Waals surface area (Å²) < 4.78 is 0. The van der Waals surface area contributed by atoms with Gasteiger partial charge < -0.3 is 24.8 Å². The van der Waals surface area contributed by atoms with Gasteiger partial charge in [-0.1, -0.05) is 7.43 Å². The molecule has 0 aliphatic carbocycles. The van der Waals surface area contributed by atoms with E-state index >= 15 is 0 Å². The largest absolute Gasteiger partial charge is 1.00 e. The molecule has 0 rings (SSSR count). The van der Waals surface area contributed by atoms with Crippen molar-refractivity contribution in [2.24, 2.45) is 0 Å². The Balaban J connectivity index is 0. The van der Waals surface area contributed by atoms with E-state index in [4.69, 9.17) is 0 Å². The number of rotatable bonds is 0. The predicted molar refractivity (Wildman–Crippen MR) is 12.5 cm³/mol. The van der Waals surface area contributed by atoms with Crippen molar-refractivity contribution in [1.29, 1.82) is 0 Å². The van der Waals surface area contributed by atoms with Gasteiger partial charge in [-0.05, 0) is 0 Å². The molecular weight excluding hydrogens is 205 g/mol. The van der Waals surface area contributed by atoms with Gasteiger partial charge in [0.05, 0.1) is 0 Å². The third-order valence-electron chi connectivity index (χ3n) is 0. The molecule has 0 spiro atoms. The molecule has 0 saturated carbocycles. The first-order valence-electron chi connectivity index (χ1n) is 0. The van der Waals surface area contributed by atoms with E-state index in [1.165, 1.54) is 0 Å². The van der Waals surface area contributed by atoms with Crippen molar-refractivity contribution in [3.63, 3.8) is 0 Å². The maximum absolute atomic E-state index is 0. The van der Waals surface area contributed by atoms with Gasteiger partial charge in [-0.2, -0.15) is 0 Å². The van der Waals surface area contributed by atoms with Crippen LogP contribution in [0.4, 0.5) is 0 Å². The van der Waals surface area contributed by atoms with E-state index in [1.807, 2.05) is 0 Å². The molecule has 0 fully saturated rings. The van der Waals surface area contributed by atoms with Gasteiger partial charge in [-0.15, -0.1) is 0 Å². The second kappa shape index (κ2) is 26.0. The summed E-state index contributed by atoms with van der Waals surface area (Å²) in [6, 6.07) is 0. The summed E-state index contributed by atoms with van der Waals surface area (Å²) in [5.74, 6) is 0. The predicted octanol–water partition coefficient (Wildman–Crippen LogP) is -5.74. The van der Waals surface area contributed by atoms with Crippen LogP contribution in [0, 0.1) is 0 Å². The molecule has 0 aromatic heterocycles. The molecule has 0 atom stereocenters. The van der Waals surface area contributed by atoms with Crippen LogP contribution in [-0.4, -0.2) is 24.4 Å². The average molecular weight is 209 g/mol. The van der Waals surface area contributed by atoms with Gasteiger partial charge >= 0.3 is 0 Å². The van der Waals surface area contributed by atoms with E-state index in [-0.39, 0.29) is 56.7 Å². The van der Waals surface area contributed by atoms with E-state index in [1.54, 1.807) is 0 Å². The van der Waals surface area contributed by atoms with Gasteiger partial charge in [0.25, 0.3) is 0 Å². The van der Waals surface area contributed by atoms with Crippen molar-refractivity contribution in [2.45, 2.75) is 7.43 Å². The van der Waals surface area contributed by atoms with Crippen molar-refractivity contribution in [3.8, 4) is 0 Å². The molecule has 3 heteroatoms. The first-order valence-corrected chi connectivity index (χ1v) is 0. The molecule has 0 bridgehead atoms. The van der Waals surface area contributed by atoms with Crippen LogP contribution in [-0.2, 0) is 0 Å². The van der Waals surface area contributed by atoms with Gasteiger partial charge in [0.1, 0.15) is 0 Å². The Morgan fingerprint density at radius 2 is 0.750 bits per heavy atom. The fourth-order valence-corrected chi connectivity index (χ4v) is 0. The maximum Gasteiger partial charge on any atom is 0 e. The number of hydrogen-bond acceptors (Lipinski definition) is 0. The SMILES string of the molecule is C.[Cl-].[Cl-].[Sb]. The van der Waals surface area contributed by atoms with Crippen molar-refractivity contribution in [2.75, 3.05) is 0 Å². The van der Waals surface area contributed by atoms with E-state index < -0.39 is 0 Å².